The molecule has 4 nitrogen and oxygen atoms in total. The second-order valence-corrected chi connectivity index (χ2v) is 4.72. The highest BCUT2D eigenvalue weighted by Gasteiger charge is 2.01. The molecule has 0 saturated heterocycles. The van der Waals surface area contributed by atoms with Gasteiger partial charge in [-0.3, -0.25) is 4.79 Å². The number of anilines is 1. The monoisotopic (exact) mass is 267 g/mol. The Morgan fingerprint density at radius 3 is 2.30 bits per heavy atom. The predicted octanol–water partition coefficient (Wildman–Crippen LogP) is 4.68. The van der Waals surface area contributed by atoms with Gasteiger partial charge >= 0.3 is 0 Å². The van der Waals surface area contributed by atoms with Crippen LogP contribution in [0.15, 0.2) is 52.7 Å². The van der Waals surface area contributed by atoms with Crippen LogP contribution in [0.2, 0.25) is 0 Å². The molecule has 0 bridgehead atoms. The van der Waals surface area contributed by atoms with E-state index in [4.69, 9.17) is 0 Å². The van der Waals surface area contributed by atoms with Crippen molar-refractivity contribution in [3.05, 3.63) is 53.6 Å². The molecule has 0 heterocycles. The van der Waals surface area contributed by atoms with Crippen LogP contribution >= 0.6 is 0 Å². The third kappa shape index (κ3) is 3.75. The number of nitrogens with zero attached hydrogens (tertiary/aromatic N) is 2. The molecular weight excluding hydrogens is 250 g/mol. The third-order valence-electron chi connectivity index (χ3n) is 2.80. The first-order valence-electron chi connectivity index (χ1n) is 6.41. The van der Waals surface area contributed by atoms with E-state index in [1.807, 2.05) is 56.3 Å². The van der Waals surface area contributed by atoms with E-state index in [1.165, 1.54) is 6.92 Å². The molecule has 0 spiro atoms. The molecule has 0 aliphatic heterocycles. The van der Waals surface area contributed by atoms with Gasteiger partial charge in [0.05, 0.1) is 11.4 Å². The standard InChI is InChI=1S/C16H17N3O/c1-11-5-4-6-14(9-11)18-19-15-7-8-16(12(2)10-15)17-13(3)20/h4-10H,1-3H3,(H,17,20). The quantitative estimate of drug-likeness (QED) is 0.807. The fraction of sp³-hybridized carbons (Fsp3) is 0.188. The van der Waals surface area contributed by atoms with E-state index in [1.54, 1.807) is 0 Å². The summed E-state index contributed by atoms with van der Waals surface area (Å²) in [6.07, 6.45) is 0. The van der Waals surface area contributed by atoms with Gasteiger partial charge in [-0.15, -0.1) is 0 Å². The number of rotatable bonds is 3. The van der Waals surface area contributed by atoms with Crippen LogP contribution in [0.1, 0.15) is 18.1 Å². The van der Waals surface area contributed by atoms with E-state index in [0.29, 0.717) is 0 Å². The first-order chi connectivity index (χ1) is 9.54. The van der Waals surface area contributed by atoms with Gasteiger partial charge in [0.2, 0.25) is 5.91 Å². The minimum Gasteiger partial charge on any atom is -0.326 e. The SMILES string of the molecule is CC(=O)Nc1ccc(N=Nc2cccc(C)c2)cc1C. The Hall–Kier alpha value is -2.49. The van der Waals surface area contributed by atoms with Crippen LogP contribution in [-0.2, 0) is 4.79 Å². The third-order valence-corrected chi connectivity index (χ3v) is 2.80. The number of azo groups is 1. The van der Waals surface area contributed by atoms with E-state index in [9.17, 15) is 4.79 Å². The molecule has 2 aromatic rings. The lowest BCUT2D eigenvalue weighted by molar-refractivity contribution is -0.114. The Bertz CT molecular complexity index is 663. The van der Waals surface area contributed by atoms with Gasteiger partial charge in [0.1, 0.15) is 0 Å². The van der Waals surface area contributed by atoms with Crippen LogP contribution in [-0.4, -0.2) is 5.91 Å². The van der Waals surface area contributed by atoms with Crippen molar-refractivity contribution in [3.8, 4) is 0 Å². The molecule has 1 N–H and O–H groups in total. The number of hydrogen-bond acceptors (Lipinski definition) is 3. The molecule has 0 unspecified atom stereocenters. The summed E-state index contributed by atoms with van der Waals surface area (Å²) in [6.45, 7) is 5.44. The van der Waals surface area contributed by atoms with Crippen LogP contribution in [0.4, 0.5) is 17.1 Å². The summed E-state index contributed by atoms with van der Waals surface area (Å²) in [5.74, 6) is -0.0813. The number of nitrogens with one attached hydrogen (secondary N) is 1. The maximum Gasteiger partial charge on any atom is 0.221 e. The van der Waals surface area contributed by atoms with Crippen LogP contribution in [0.5, 0.6) is 0 Å². The minimum atomic E-state index is -0.0813. The van der Waals surface area contributed by atoms with Crippen molar-refractivity contribution in [1.29, 1.82) is 0 Å². The van der Waals surface area contributed by atoms with Crippen LogP contribution in [0.25, 0.3) is 0 Å². The maximum atomic E-state index is 11.0. The summed E-state index contributed by atoms with van der Waals surface area (Å²) in [6, 6.07) is 13.4. The molecule has 0 aliphatic carbocycles. The molecule has 0 radical (unpaired) electrons. The predicted molar refractivity (Wildman–Crippen MR) is 80.8 cm³/mol. The van der Waals surface area contributed by atoms with Crippen molar-refractivity contribution in [2.75, 3.05) is 5.32 Å². The van der Waals surface area contributed by atoms with Gasteiger partial charge in [0.25, 0.3) is 0 Å². The Morgan fingerprint density at radius 2 is 1.70 bits per heavy atom. The molecule has 4 heteroatoms. The van der Waals surface area contributed by atoms with Crippen molar-refractivity contribution in [2.24, 2.45) is 10.2 Å². The molecule has 1 amide bonds. The highest BCUT2D eigenvalue weighted by Crippen LogP contribution is 2.24. The normalized spacial score (nSPS) is 10.8. The van der Waals surface area contributed by atoms with E-state index in [0.717, 1.165) is 28.2 Å². The first-order valence-corrected chi connectivity index (χ1v) is 6.41. The lowest BCUT2D eigenvalue weighted by atomic mass is 10.2. The zero-order valence-corrected chi connectivity index (χ0v) is 11.8. The smallest absolute Gasteiger partial charge is 0.221 e. The fourth-order valence-corrected chi connectivity index (χ4v) is 1.85. The number of carbonyl (C=O) groups excluding carboxylic acids is 1. The van der Waals surface area contributed by atoms with Gasteiger partial charge in [-0.2, -0.15) is 10.2 Å². The van der Waals surface area contributed by atoms with Gasteiger partial charge in [-0.25, -0.2) is 0 Å². The van der Waals surface area contributed by atoms with Crippen LogP contribution in [0.3, 0.4) is 0 Å². The molecular formula is C16H17N3O. The van der Waals surface area contributed by atoms with Gasteiger partial charge in [-0.1, -0.05) is 12.1 Å². The van der Waals surface area contributed by atoms with Crippen LogP contribution < -0.4 is 5.32 Å². The highest BCUT2D eigenvalue weighted by molar-refractivity contribution is 5.89. The number of hydrogen-bond donors (Lipinski definition) is 1. The van der Waals surface area contributed by atoms with Crippen LogP contribution in [0, 0.1) is 13.8 Å². The molecule has 0 atom stereocenters. The minimum absolute atomic E-state index is 0.0813. The second-order valence-electron chi connectivity index (χ2n) is 4.72. The fourth-order valence-electron chi connectivity index (χ4n) is 1.85. The summed E-state index contributed by atoms with van der Waals surface area (Å²) in [5, 5.41) is 11.2. The van der Waals surface area contributed by atoms with E-state index in [2.05, 4.69) is 15.5 Å². The van der Waals surface area contributed by atoms with Crippen molar-refractivity contribution >= 4 is 23.0 Å². The summed E-state index contributed by atoms with van der Waals surface area (Å²) < 4.78 is 0. The highest BCUT2D eigenvalue weighted by atomic mass is 16.1. The molecule has 2 rings (SSSR count). The number of aryl methyl sites for hydroxylation is 2. The van der Waals surface area contributed by atoms with E-state index < -0.39 is 0 Å². The Kier molecular flexibility index (Phi) is 4.25. The Morgan fingerprint density at radius 1 is 1.00 bits per heavy atom. The number of carbonyl (C=O) groups is 1. The summed E-state index contributed by atoms with van der Waals surface area (Å²) in [5.41, 5.74) is 4.50. The molecule has 0 aromatic heterocycles. The molecule has 0 fully saturated rings. The van der Waals surface area contributed by atoms with Crippen molar-refractivity contribution in [3.63, 3.8) is 0 Å². The molecule has 2 aromatic carbocycles. The zero-order valence-electron chi connectivity index (χ0n) is 11.8. The maximum absolute atomic E-state index is 11.0. The van der Waals surface area contributed by atoms with Gasteiger partial charge < -0.3 is 5.32 Å². The van der Waals surface area contributed by atoms with E-state index >= 15 is 0 Å². The Balaban J connectivity index is 2.18. The van der Waals surface area contributed by atoms with Gasteiger partial charge in [0.15, 0.2) is 0 Å². The van der Waals surface area contributed by atoms with Crippen molar-refractivity contribution in [2.45, 2.75) is 20.8 Å². The summed E-state index contributed by atoms with van der Waals surface area (Å²) in [7, 11) is 0. The summed E-state index contributed by atoms with van der Waals surface area (Å²) >= 11 is 0. The number of amides is 1. The van der Waals surface area contributed by atoms with Gasteiger partial charge in [0, 0.05) is 12.6 Å². The Labute approximate surface area is 118 Å². The van der Waals surface area contributed by atoms with Crippen molar-refractivity contribution in [1.82, 2.24) is 0 Å². The first kappa shape index (κ1) is 13.9. The van der Waals surface area contributed by atoms with Crippen molar-refractivity contribution < 1.29 is 4.79 Å². The molecule has 20 heavy (non-hydrogen) atoms. The topological polar surface area (TPSA) is 53.8 Å². The lowest BCUT2D eigenvalue weighted by Gasteiger charge is -2.06. The largest absolute Gasteiger partial charge is 0.326 e. The average molecular weight is 267 g/mol. The molecule has 0 saturated carbocycles. The lowest BCUT2D eigenvalue weighted by Crippen LogP contribution is -2.06. The second kappa shape index (κ2) is 6.10. The summed E-state index contributed by atoms with van der Waals surface area (Å²) in [4.78, 5) is 11.0. The number of benzene rings is 2. The van der Waals surface area contributed by atoms with E-state index in [-0.39, 0.29) is 5.91 Å². The molecule has 0 aliphatic rings. The molecule has 102 valence electrons. The average Bonchev–Trinajstić information content (AvgIpc) is 2.39. The van der Waals surface area contributed by atoms with Gasteiger partial charge in [-0.05, 0) is 55.3 Å². The zero-order chi connectivity index (χ0) is 14.5.